The number of esters is 1. The molecule has 0 spiro atoms. The van der Waals surface area contributed by atoms with Crippen molar-refractivity contribution in [1.29, 1.82) is 0 Å². The molecule has 0 rings (SSSR count). The quantitative estimate of drug-likeness (QED) is 0.407. The third-order valence-corrected chi connectivity index (χ3v) is 4.28. The smallest absolute Gasteiger partial charge is 0.319 e. The van der Waals surface area contributed by atoms with Gasteiger partial charge in [-0.05, 0) is 38.5 Å². The molecule has 0 aromatic heterocycles. The van der Waals surface area contributed by atoms with Gasteiger partial charge >= 0.3 is 5.97 Å². The lowest BCUT2D eigenvalue weighted by atomic mass is 9.69. The summed E-state index contributed by atoms with van der Waals surface area (Å²) >= 11 is 0. The fourth-order valence-electron chi connectivity index (χ4n) is 3.08. The van der Waals surface area contributed by atoms with E-state index in [-0.39, 0.29) is 11.8 Å². The molecule has 0 aromatic carbocycles. The summed E-state index contributed by atoms with van der Waals surface area (Å²) < 4.78 is 5.26. The minimum atomic E-state index is -0.946. The first-order valence-corrected chi connectivity index (χ1v) is 8.52. The summed E-state index contributed by atoms with van der Waals surface area (Å²) in [6, 6.07) is 0. The van der Waals surface area contributed by atoms with E-state index in [0.29, 0.717) is 31.3 Å². The average Bonchev–Trinajstić information content (AvgIpc) is 2.41. The number of hydrogen-bond acceptors (Lipinski definition) is 3. The molecule has 0 aromatic rings. The van der Waals surface area contributed by atoms with Crippen LogP contribution >= 0.6 is 0 Å². The van der Waals surface area contributed by atoms with E-state index in [4.69, 9.17) is 4.74 Å². The van der Waals surface area contributed by atoms with Crippen LogP contribution in [0.1, 0.15) is 80.1 Å². The number of carbonyl (C=O) groups is 2. The van der Waals surface area contributed by atoms with Gasteiger partial charge in [-0.25, -0.2) is 0 Å². The second-order valence-electron chi connectivity index (χ2n) is 6.58. The topological polar surface area (TPSA) is 43.4 Å². The summed E-state index contributed by atoms with van der Waals surface area (Å²) in [5, 5.41) is 0. The lowest BCUT2D eigenvalue weighted by Crippen LogP contribution is -2.42. The highest BCUT2D eigenvalue weighted by atomic mass is 16.5. The van der Waals surface area contributed by atoms with E-state index in [1.165, 1.54) is 0 Å². The minimum absolute atomic E-state index is 0.0374. The van der Waals surface area contributed by atoms with Crippen LogP contribution < -0.4 is 0 Å². The molecule has 21 heavy (non-hydrogen) atoms. The first kappa shape index (κ1) is 20.1. The van der Waals surface area contributed by atoms with E-state index in [1.807, 2.05) is 0 Å². The molecule has 0 saturated heterocycles. The van der Waals surface area contributed by atoms with E-state index in [2.05, 4.69) is 27.7 Å². The van der Waals surface area contributed by atoms with Gasteiger partial charge in [0, 0.05) is 0 Å². The number of ether oxygens (including phenoxy) is 1. The number of hydrogen-bond donors (Lipinski definition) is 0. The minimum Gasteiger partial charge on any atom is -0.465 e. The Bertz CT molecular complexity index is 322. The molecule has 0 fully saturated rings. The van der Waals surface area contributed by atoms with E-state index in [0.717, 1.165) is 25.7 Å². The van der Waals surface area contributed by atoms with Crippen LogP contribution in [0.3, 0.4) is 0 Å². The molecule has 0 heterocycles. The highest BCUT2D eigenvalue weighted by Gasteiger charge is 2.46. The second-order valence-corrected chi connectivity index (χ2v) is 6.58. The SMILES string of the molecule is CCCCC(CC)CC(CC(C)C)(C(C)=O)C(=O)OCC. The third-order valence-electron chi connectivity index (χ3n) is 4.28. The van der Waals surface area contributed by atoms with E-state index in [1.54, 1.807) is 13.8 Å². The lowest BCUT2D eigenvalue weighted by Gasteiger charge is -2.33. The Morgan fingerprint density at radius 1 is 1.10 bits per heavy atom. The average molecular weight is 298 g/mol. The number of carbonyl (C=O) groups excluding carboxylic acids is 2. The van der Waals surface area contributed by atoms with Gasteiger partial charge in [-0.2, -0.15) is 0 Å². The summed E-state index contributed by atoms with van der Waals surface area (Å²) in [4.78, 5) is 24.9. The van der Waals surface area contributed by atoms with Crippen molar-refractivity contribution in [2.24, 2.45) is 17.3 Å². The van der Waals surface area contributed by atoms with E-state index in [9.17, 15) is 9.59 Å². The van der Waals surface area contributed by atoms with Crippen molar-refractivity contribution >= 4 is 11.8 Å². The van der Waals surface area contributed by atoms with Crippen molar-refractivity contribution < 1.29 is 14.3 Å². The zero-order valence-electron chi connectivity index (χ0n) is 14.8. The second kappa shape index (κ2) is 9.97. The molecular formula is C18H34O3. The van der Waals surface area contributed by atoms with Crippen LogP contribution in [0.25, 0.3) is 0 Å². The summed E-state index contributed by atoms with van der Waals surface area (Å²) in [7, 11) is 0. The molecule has 3 nitrogen and oxygen atoms in total. The number of Topliss-reactive ketones (excluding diaryl/α,β-unsaturated/α-hetero) is 1. The molecule has 3 heteroatoms. The lowest BCUT2D eigenvalue weighted by molar-refractivity contribution is -0.162. The Labute approximate surface area is 130 Å². The maximum Gasteiger partial charge on any atom is 0.319 e. The molecule has 0 saturated carbocycles. The molecule has 0 radical (unpaired) electrons. The van der Waals surface area contributed by atoms with Gasteiger partial charge in [-0.15, -0.1) is 0 Å². The molecule has 0 bridgehead atoms. The molecule has 0 aliphatic rings. The molecule has 2 atom stereocenters. The molecule has 0 aliphatic heterocycles. The zero-order valence-corrected chi connectivity index (χ0v) is 14.8. The van der Waals surface area contributed by atoms with Gasteiger partial charge in [-0.1, -0.05) is 53.4 Å². The van der Waals surface area contributed by atoms with Gasteiger partial charge in [0.2, 0.25) is 0 Å². The van der Waals surface area contributed by atoms with E-state index < -0.39 is 5.41 Å². The highest BCUT2D eigenvalue weighted by molar-refractivity contribution is 6.02. The predicted molar refractivity (Wildman–Crippen MR) is 87.1 cm³/mol. The van der Waals surface area contributed by atoms with Crippen LogP contribution in [-0.2, 0) is 14.3 Å². The van der Waals surface area contributed by atoms with Crippen molar-refractivity contribution in [3.8, 4) is 0 Å². The zero-order chi connectivity index (χ0) is 16.5. The Balaban J connectivity index is 5.32. The van der Waals surface area contributed by atoms with Gasteiger partial charge in [0.15, 0.2) is 0 Å². The summed E-state index contributed by atoms with van der Waals surface area (Å²) in [6.07, 6.45) is 5.61. The largest absolute Gasteiger partial charge is 0.465 e. The molecule has 124 valence electrons. The van der Waals surface area contributed by atoms with Gasteiger partial charge < -0.3 is 4.74 Å². The van der Waals surface area contributed by atoms with Crippen molar-refractivity contribution in [3.05, 3.63) is 0 Å². The van der Waals surface area contributed by atoms with Crippen molar-refractivity contribution in [3.63, 3.8) is 0 Å². The molecular weight excluding hydrogens is 264 g/mol. The van der Waals surface area contributed by atoms with Gasteiger partial charge in [0.05, 0.1) is 6.61 Å². The van der Waals surface area contributed by atoms with Crippen LogP contribution in [0.15, 0.2) is 0 Å². The molecule has 0 aliphatic carbocycles. The summed E-state index contributed by atoms with van der Waals surface area (Å²) in [5.41, 5.74) is -0.946. The summed E-state index contributed by atoms with van der Waals surface area (Å²) in [5.74, 6) is 0.352. The maximum absolute atomic E-state index is 12.5. The van der Waals surface area contributed by atoms with Crippen LogP contribution in [0.2, 0.25) is 0 Å². The van der Waals surface area contributed by atoms with Crippen molar-refractivity contribution in [1.82, 2.24) is 0 Å². The monoisotopic (exact) mass is 298 g/mol. The standard InChI is InChI=1S/C18H34O3/c1-7-10-11-16(8-2)13-18(15(6)19,12-14(4)5)17(20)21-9-3/h14,16H,7-13H2,1-6H3. The van der Waals surface area contributed by atoms with Gasteiger partial charge in [0.1, 0.15) is 11.2 Å². The number of ketones is 1. The van der Waals surface area contributed by atoms with Gasteiger partial charge in [-0.3, -0.25) is 9.59 Å². The van der Waals surface area contributed by atoms with E-state index >= 15 is 0 Å². The van der Waals surface area contributed by atoms with Gasteiger partial charge in [0.25, 0.3) is 0 Å². The fraction of sp³-hybridized carbons (Fsp3) is 0.889. The number of unbranched alkanes of at least 4 members (excludes halogenated alkanes) is 1. The van der Waals surface area contributed by atoms with Crippen LogP contribution in [0.5, 0.6) is 0 Å². The van der Waals surface area contributed by atoms with Crippen LogP contribution in [0, 0.1) is 17.3 Å². The fourth-order valence-corrected chi connectivity index (χ4v) is 3.08. The first-order valence-electron chi connectivity index (χ1n) is 8.52. The number of rotatable bonds is 11. The molecule has 2 unspecified atom stereocenters. The maximum atomic E-state index is 12.5. The predicted octanol–water partition coefficient (Wildman–Crippen LogP) is 4.78. The third kappa shape index (κ3) is 6.19. The molecule has 0 amide bonds. The van der Waals surface area contributed by atoms with Crippen LogP contribution in [0.4, 0.5) is 0 Å². The Morgan fingerprint density at radius 2 is 1.71 bits per heavy atom. The first-order chi connectivity index (χ1) is 9.83. The Hall–Kier alpha value is -0.860. The van der Waals surface area contributed by atoms with Crippen molar-refractivity contribution in [2.75, 3.05) is 6.61 Å². The normalized spacial score (nSPS) is 15.6. The Morgan fingerprint density at radius 3 is 2.10 bits per heavy atom. The highest BCUT2D eigenvalue weighted by Crippen LogP contribution is 2.38. The summed E-state index contributed by atoms with van der Waals surface area (Å²) in [6.45, 7) is 12.1. The van der Waals surface area contributed by atoms with Crippen molar-refractivity contribution in [2.45, 2.75) is 80.1 Å². The Kier molecular flexibility index (Phi) is 9.56. The molecule has 0 N–H and O–H groups in total. The van der Waals surface area contributed by atoms with Crippen LogP contribution in [-0.4, -0.2) is 18.4 Å².